The van der Waals surface area contributed by atoms with Gasteiger partial charge in [-0.15, -0.1) is 0 Å². The predicted molar refractivity (Wildman–Crippen MR) is 115 cm³/mol. The first-order valence-corrected chi connectivity index (χ1v) is 10.3. The van der Waals surface area contributed by atoms with Crippen molar-refractivity contribution in [3.63, 3.8) is 0 Å². The predicted octanol–water partition coefficient (Wildman–Crippen LogP) is 4.26. The SMILES string of the molecule is CNC(=O)C1CC(c2ccccc2)CCN1C(=O)c1ccc(OC(C)C)c(Cl)c1. The number of likely N-dealkylation sites (tertiary alicyclic amines) is 1. The van der Waals surface area contributed by atoms with Gasteiger partial charge in [0.05, 0.1) is 11.1 Å². The number of rotatable bonds is 5. The van der Waals surface area contributed by atoms with E-state index in [4.69, 9.17) is 16.3 Å². The van der Waals surface area contributed by atoms with Crippen molar-refractivity contribution in [1.82, 2.24) is 10.2 Å². The van der Waals surface area contributed by atoms with Gasteiger partial charge < -0.3 is 15.0 Å². The van der Waals surface area contributed by atoms with Crippen LogP contribution >= 0.6 is 11.6 Å². The molecule has 5 nitrogen and oxygen atoms in total. The van der Waals surface area contributed by atoms with Gasteiger partial charge in [0.15, 0.2) is 0 Å². The molecule has 29 heavy (non-hydrogen) atoms. The molecule has 6 heteroatoms. The van der Waals surface area contributed by atoms with E-state index in [0.717, 1.165) is 6.42 Å². The Hall–Kier alpha value is -2.53. The Morgan fingerprint density at radius 3 is 2.52 bits per heavy atom. The van der Waals surface area contributed by atoms with Gasteiger partial charge in [0.1, 0.15) is 11.8 Å². The first-order chi connectivity index (χ1) is 13.9. The van der Waals surface area contributed by atoms with E-state index in [1.54, 1.807) is 30.1 Å². The van der Waals surface area contributed by atoms with E-state index in [9.17, 15) is 9.59 Å². The fourth-order valence-electron chi connectivity index (χ4n) is 3.80. The number of amides is 2. The van der Waals surface area contributed by atoms with Gasteiger partial charge in [-0.3, -0.25) is 9.59 Å². The molecule has 0 aliphatic carbocycles. The highest BCUT2D eigenvalue weighted by Gasteiger charge is 2.36. The van der Waals surface area contributed by atoms with E-state index in [-0.39, 0.29) is 23.8 Å². The maximum Gasteiger partial charge on any atom is 0.254 e. The van der Waals surface area contributed by atoms with Crippen LogP contribution in [-0.4, -0.2) is 42.5 Å². The van der Waals surface area contributed by atoms with Gasteiger partial charge in [0, 0.05) is 19.2 Å². The first kappa shape index (κ1) is 21.2. The summed E-state index contributed by atoms with van der Waals surface area (Å²) in [4.78, 5) is 27.4. The number of hydrogen-bond donors (Lipinski definition) is 1. The lowest BCUT2D eigenvalue weighted by Crippen LogP contribution is -2.52. The molecular weight excluding hydrogens is 388 g/mol. The van der Waals surface area contributed by atoms with E-state index in [1.807, 2.05) is 32.0 Å². The van der Waals surface area contributed by atoms with Crippen molar-refractivity contribution in [2.75, 3.05) is 13.6 Å². The summed E-state index contributed by atoms with van der Waals surface area (Å²) in [6.07, 6.45) is 1.40. The molecule has 1 fully saturated rings. The van der Waals surface area contributed by atoms with Crippen LogP contribution in [0.4, 0.5) is 0 Å². The van der Waals surface area contributed by atoms with Crippen LogP contribution in [0, 0.1) is 0 Å². The quantitative estimate of drug-likeness (QED) is 0.795. The Balaban J connectivity index is 1.82. The molecule has 2 amide bonds. The molecule has 2 aromatic rings. The molecule has 1 aliphatic rings. The van der Waals surface area contributed by atoms with Gasteiger partial charge in [0.2, 0.25) is 5.91 Å². The number of piperidine rings is 1. The van der Waals surface area contributed by atoms with Crippen LogP contribution in [0.25, 0.3) is 0 Å². The number of hydrogen-bond acceptors (Lipinski definition) is 3. The second-order valence-corrected chi connectivity index (χ2v) is 7.98. The van der Waals surface area contributed by atoms with E-state index in [0.29, 0.717) is 29.3 Å². The number of carbonyl (C=O) groups is 2. The van der Waals surface area contributed by atoms with Crippen LogP contribution < -0.4 is 10.1 Å². The molecule has 0 bridgehead atoms. The second kappa shape index (κ2) is 9.31. The molecule has 0 saturated carbocycles. The van der Waals surface area contributed by atoms with Crippen molar-refractivity contribution in [2.45, 2.75) is 44.8 Å². The van der Waals surface area contributed by atoms with Crippen molar-refractivity contribution in [3.8, 4) is 5.75 Å². The van der Waals surface area contributed by atoms with E-state index in [1.165, 1.54) is 5.56 Å². The van der Waals surface area contributed by atoms with Gasteiger partial charge in [-0.05, 0) is 56.4 Å². The number of nitrogens with zero attached hydrogens (tertiary/aromatic N) is 1. The lowest BCUT2D eigenvalue weighted by atomic mass is 9.84. The van der Waals surface area contributed by atoms with Gasteiger partial charge in [-0.25, -0.2) is 0 Å². The molecule has 2 aromatic carbocycles. The standard InChI is InChI=1S/C23H27ClN2O3/c1-15(2)29-21-10-9-18(13-19(21)24)23(28)26-12-11-17(14-20(26)22(27)25-3)16-7-5-4-6-8-16/h4-10,13,15,17,20H,11-12,14H2,1-3H3,(H,25,27). The van der Waals surface area contributed by atoms with Crippen LogP contribution in [-0.2, 0) is 4.79 Å². The molecule has 2 atom stereocenters. The van der Waals surface area contributed by atoms with Gasteiger partial charge in [-0.1, -0.05) is 41.9 Å². The Bertz CT molecular complexity index is 870. The molecule has 154 valence electrons. The minimum Gasteiger partial charge on any atom is -0.489 e. The van der Waals surface area contributed by atoms with Crippen molar-refractivity contribution < 1.29 is 14.3 Å². The highest BCUT2D eigenvalue weighted by atomic mass is 35.5. The van der Waals surface area contributed by atoms with Crippen molar-refractivity contribution in [2.24, 2.45) is 0 Å². The third kappa shape index (κ3) is 4.91. The average Bonchev–Trinajstić information content (AvgIpc) is 2.74. The molecule has 0 spiro atoms. The first-order valence-electron chi connectivity index (χ1n) is 9.94. The maximum absolute atomic E-state index is 13.2. The van der Waals surface area contributed by atoms with Crippen molar-refractivity contribution in [3.05, 3.63) is 64.7 Å². The molecule has 0 aromatic heterocycles. The molecule has 1 N–H and O–H groups in total. The van der Waals surface area contributed by atoms with Gasteiger partial charge >= 0.3 is 0 Å². The topological polar surface area (TPSA) is 58.6 Å². The number of halogens is 1. The van der Waals surface area contributed by atoms with Gasteiger partial charge in [0.25, 0.3) is 5.91 Å². The zero-order valence-corrected chi connectivity index (χ0v) is 17.8. The fraction of sp³-hybridized carbons (Fsp3) is 0.391. The van der Waals surface area contributed by atoms with Crippen LogP contribution in [0.2, 0.25) is 5.02 Å². The normalized spacial score (nSPS) is 19.1. The van der Waals surface area contributed by atoms with Crippen molar-refractivity contribution >= 4 is 23.4 Å². The van der Waals surface area contributed by atoms with Crippen LogP contribution in [0.1, 0.15) is 48.5 Å². The summed E-state index contributed by atoms with van der Waals surface area (Å²) in [6.45, 7) is 4.35. The summed E-state index contributed by atoms with van der Waals surface area (Å²) in [6, 6.07) is 14.7. The fourth-order valence-corrected chi connectivity index (χ4v) is 4.03. The number of nitrogens with one attached hydrogen (secondary N) is 1. The number of likely N-dealkylation sites (N-methyl/N-ethyl adjacent to an activating group) is 1. The van der Waals surface area contributed by atoms with Crippen molar-refractivity contribution in [1.29, 1.82) is 0 Å². The van der Waals surface area contributed by atoms with Crippen LogP contribution in [0.3, 0.4) is 0 Å². The van der Waals surface area contributed by atoms with E-state index >= 15 is 0 Å². The van der Waals surface area contributed by atoms with Crippen LogP contribution in [0.15, 0.2) is 48.5 Å². The zero-order chi connectivity index (χ0) is 21.0. The average molecular weight is 415 g/mol. The largest absolute Gasteiger partial charge is 0.489 e. The summed E-state index contributed by atoms with van der Waals surface area (Å²) in [7, 11) is 1.60. The van der Waals surface area contributed by atoms with E-state index < -0.39 is 6.04 Å². The zero-order valence-electron chi connectivity index (χ0n) is 17.0. The Labute approximate surface area is 177 Å². The lowest BCUT2D eigenvalue weighted by molar-refractivity contribution is -0.126. The smallest absolute Gasteiger partial charge is 0.254 e. The molecular formula is C23H27ClN2O3. The summed E-state index contributed by atoms with van der Waals surface area (Å²) in [5, 5.41) is 3.10. The Morgan fingerprint density at radius 2 is 1.90 bits per heavy atom. The molecule has 3 rings (SSSR count). The minimum absolute atomic E-state index is 0.0105. The third-order valence-electron chi connectivity index (χ3n) is 5.22. The number of ether oxygens (including phenoxy) is 1. The highest BCUT2D eigenvalue weighted by Crippen LogP contribution is 2.33. The summed E-state index contributed by atoms with van der Waals surface area (Å²) in [5.74, 6) is 0.449. The summed E-state index contributed by atoms with van der Waals surface area (Å²) < 4.78 is 5.64. The summed E-state index contributed by atoms with van der Waals surface area (Å²) >= 11 is 6.31. The van der Waals surface area contributed by atoms with E-state index in [2.05, 4.69) is 17.4 Å². The van der Waals surface area contributed by atoms with Gasteiger partial charge in [-0.2, -0.15) is 0 Å². The molecule has 0 radical (unpaired) electrons. The molecule has 1 aliphatic heterocycles. The maximum atomic E-state index is 13.2. The monoisotopic (exact) mass is 414 g/mol. The number of carbonyl (C=O) groups excluding carboxylic acids is 2. The Kier molecular flexibility index (Phi) is 6.80. The lowest BCUT2D eigenvalue weighted by Gasteiger charge is -2.38. The molecule has 1 heterocycles. The molecule has 1 saturated heterocycles. The summed E-state index contributed by atoms with van der Waals surface area (Å²) in [5.41, 5.74) is 1.66. The second-order valence-electron chi connectivity index (χ2n) is 7.57. The highest BCUT2D eigenvalue weighted by molar-refractivity contribution is 6.32. The third-order valence-corrected chi connectivity index (χ3v) is 5.52. The Morgan fingerprint density at radius 1 is 1.17 bits per heavy atom. The molecule has 2 unspecified atom stereocenters. The number of benzene rings is 2. The minimum atomic E-state index is -0.517. The van der Waals surface area contributed by atoms with Crippen LogP contribution in [0.5, 0.6) is 5.75 Å².